The third-order valence-corrected chi connectivity index (χ3v) is 5.02. The van der Waals surface area contributed by atoms with Crippen LogP contribution in [0.3, 0.4) is 0 Å². The highest BCUT2D eigenvalue weighted by Crippen LogP contribution is 2.24. The SMILES string of the molecule is CCS(=O)(=O)Nc1ccc(-c2cc(Nc3ccc(C#N)cc3)n[nH]2)cc1. The van der Waals surface area contributed by atoms with Gasteiger partial charge in [0, 0.05) is 17.4 Å². The van der Waals surface area contributed by atoms with E-state index in [0.717, 1.165) is 16.9 Å². The lowest BCUT2D eigenvalue weighted by Crippen LogP contribution is -2.14. The van der Waals surface area contributed by atoms with Crippen molar-refractivity contribution in [1.82, 2.24) is 10.2 Å². The Kier molecular flexibility index (Phi) is 4.91. The maximum absolute atomic E-state index is 11.6. The Morgan fingerprint density at radius 1 is 1.08 bits per heavy atom. The Morgan fingerprint density at radius 2 is 1.73 bits per heavy atom. The Labute approximate surface area is 151 Å². The first-order valence-corrected chi connectivity index (χ1v) is 9.58. The van der Waals surface area contributed by atoms with Crippen LogP contribution < -0.4 is 10.0 Å². The van der Waals surface area contributed by atoms with Gasteiger partial charge in [0.2, 0.25) is 10.0 Å². The van der Waals surface area contributed by atoms with Crippen molar-refractivity contribution in [2.45, 2.75) is 6.92 Å². The Balaban J connectivity index is 1.72. The van der Waals surface area contributed by atoms with E-state index in [1.54, 1.807) is 31.2 Å². The molecule has 3 aromatic rings. The minimum absolute atomic E-state index is 0.0275. The van der Waals surface area contributed by atoms with E-state index in [4.69, 9.17) is 5.26 Å². The first kappa shape index (κ1) is 17.5. The molecule has 0 aliphatic rings. The average Bonchev–Trinajstić information content (AvgIpc) is 3.11. The number of aromatic amines is 1. The zero-order valence-corrected chi connectivity index (χ0v) is 14.8. The molecular weight excluding hydrogens is 350 g/mol. The van der Waals surface area contributed by atoms with Crippen molar-refractivity contribution in [3.8, 4) is 17.3 Å². The fourth-order valence-corrected chi connectivity index (χ4v) is 2.92. The summed E-state index contributed by atoms with van der Waals surface area (Å²) < 4.78 is 25.7. The summed E-state index contributed by atoms with van der Waals surface area (Å²) in [6.07, 6.45) is 0. The second kappa shape index (κ2) is 7.29. The first-order chi connectivity index (χ1) is 12.5. The third-order valence-electron chi connectivity index (χ3n) is 3.71. The van der Waals surface area contributed by atoms with Crippen molar-refractivity contribution in [1.29, 1.82) is 5.26 Å². The van der Waals surface area contributed by atoms with Gasteiger partial charge in [0.15, 0.2) is 5.82 Å². The normalized spacial score (nSPS) is 10.9. The molecule has 0 spiro atoms. The predicted octanol–water partition coefficient (Wildman–Crippen LogP) is 3.45. The fourth-order valence-electron chi connectivity index (χ4n) is 2.28. The van der Waals surface area contributed by atoms with Crippen molar-refractivity contribution in [2.75, 3.05) is 15.8 Å². The smallest absolute Gasteiger partial charge is 0.232 e. The molecule has 0 amide bonds. The highest BCUT2D eigenvalue weighted by molar-refractivity contribution is 7.92. The molecule has 1 heterocycles. The number of rotatable bonds is 6. The largest absolute Gasteiger partial charge is 0.339 e. The highest BCUT2D eigenvalue weighted by Gasteiger charge is 2.08. The van der Waals surface area contributed by atoms with Gasteiger partial charge in [-0.25, -0.2) is 8.42 Å². The van der Waals surface area contributed by atoms with E-state index >= 15 is 0 Å². The summed E-state index contributed by atoms with van der Waals surface area (Å²) in [5.74, 6) is 0.667. The van der Waals surface area contributed by atoms with Crippen molar-refractivity contribution in [3.05, 3.63) is 60.2 Å². The van der Waals surface area contributed by atoms with E-state index in [9.17, 15) is 8.42 Å². The quantitative estimate of drug-likeness (QED) is 0.618. The highest BCUT2D eigenvalue weighted by atomic mass is 32.2. The van der Waals surface area contributed by atoms with Crippen LogP contribution in [0.1, 0.15) is 12.5 Å². The van der Waals surface area contributed by atoms with Crippen molar-refractivity contribution in [2.24, 2.45) is 0 Å². The monoisotopic (exact) mass is 367 g/mol. The van der Waals surface area contributed by atoms with E-state index in [-0.39, 0.29) is 5.75 Å². The van der Waals surface area contributed by atoms with Crippen LogP contribution in [0.5, 0.6) is 0 Å². The molecule has 0 saturated heterocycles. The lowest BCUT2D eigenvalue weighted by molar-refractivity contribution is 0.602. The van der Waals surface area contributed by atoms with E-state index < -0.39 is 10.0 Å². The number of hydrogen-bond acceptors (Lipinski definition) is 5. The third kappa shape index (κ3) is 4.20. The Bertz CT molecular complexity index is 1030. The molecule has 2 aromatic carbocycles. The zero-order valence-electron chi connectivity index (χ0n) is 14.0. The summed E-state index contributed by atoms with van der Waals surface area (Å²) in [5, 5.41) is 19.1. The lowest BCUT2D eigenvalue weighted by atomic mass is 10.1. The molecule has 0 unspecified atom stereocenters. The van der Waals surface area contributed by atoms with E-state index in [1.165, 1.54) is 0 Å². The van der Waals surface area contributed by atoms with Gasteiger partial charge in [0.1, 0.15) is 0 Å². The summed E-state index contributed by atoms with van der Waals surface area (Å²) in [6, 6.07) is 18.0. The molecule has 7 nitrogen and oxygen atoms in total. The summed E-state index contributed by atoms with van der Waals surface area (Å²) in [7, 11) is -3.29. The standard InChI is InChI=1S/C18H17N5O2S/c1-2-26(24,25)23-16-9-5-14(6-10-16)17-11-18(22-21-17)20-15-7-3-13(12-19)4-8-15/h3-11,23H,2H2,1H3,(H2,20,21,22). The number of nitriles is 1. The topological polar surface area (TPSA) is 111 Å². The molecule has 0 bridgehead atoms. The number of anilines is 3. The molecule has 1 aromatic heterocycles. The average molecular weight is 367 g/mol. The summed E-state index contributed by atoms with van der Waals surface area (Å²) in [4.78, 5) is 0. The fraction of sp³-hybridized carbons (Fsp3) is 0.111. The number of H-pyrrole nitrogens is 1. The number of nitrogens with zero attached hydrogens (tertiary/aromatic N) is 2. The van der Waals surface area contributed by atoms with Crippen LogP contribution in [0.15, 0.2) is 54.6 Å². The predicted molar refractivity (Wildman–Crippen MR) is 102 cm³/mol. The molecule has 0 fully saturated rings. The van der Waals surface area contributed by atoms with Crippen LogP contribution in [-0.2, 0) is 10.0 Å². The van der Waals surface area contributed by atoms with Gasteiger partial charge in [-0.3, -0.25) is 9.82 Å². The minimum Gasteiger partial charge on any atom is -0.339 e. The summed E-state index contributed by atoms with van der Waals surface area (Å²) in [6.45, 7) is 1.59. The van der Waals surface area contributed by atoms with Crippen molar-refractivity contribution < 1.29 is 8.42 Å². The number of sulfonamides is 1. The van der Waals surface area contributed by atoms with Gasteiger partial charge in [-0.1, -0.05) is 12.1 Å². The van der Waals surface area contributed by atoms with Gasteiger partial charge in [-0.2, -0.15) is 10.4 Å². The number of hydrogen-bond donors (Lipinski definition) is 3. The van der Waals surface area contributed by atoms with Crippen LogP contribution in [0.4, 0.5) is 17.2 Å². The molecule has 0 saturated carbocycles. The Morgan fingerprint density at radius 3 is 2.35 bits per heavy atom. The first-order valence-electron chi connectivity index (χ1n) is 7.92. The molecule has 26 heavy (non-hydrogen) atoms. The molecule has 8 heteroatoms. The number of benzene rings is 2. The molecule has 3 rings (SSSR count). The van der Waals surface area contributed by atoms with Gasteiger partial charge in [-0.15, -0.1) is 0 Å². The molecule has 0 atom stereocenters. The summed E-state index contributed by atoms with van der Waals surface area (Å²) in [5.41, 5.74) is 3.62. The van der Waals surface area contributed by atoms with E-state index in [0.29, 0.717) is 17.1 Å². The van der Waals surface area contributed by atoms with Crippen LogP contribution in [0.25, 0.3) is 11.3 Å². The Hall–Kier alpha value is -3.31. The van der Waals surface area contributed by atoms with E-state index in [1.807, 2.05) is 30.3 Å². The molecule has 3 N–H and O–H groups in total. The maximum atomic E-state index is 11.6. The van der Waals surface area contributed by atoms with Crippen LogP contribution in [0.2, 0.25) is 0 Å². The number of aromatic nitrogens is 2. The molecule has 0 aliphatic carbocycles. The molecule has 0 radical (unpaired) electrons. The number of nitrogens with one attached hydrogen (secondary N) is 3. The molecule has 0 aliphatic heterocycles. The van der Waals surface area contributed by atoms with Crippen molar-refractivity contribution >= 4 is 27.2 Å². The van der Waals surface area contributed by atoms with Gasteiger partial charge in [-0.05, 0) is 48.9 Å². The van der Waals surface area contributed by atoms with Gasteiger partial charge < -0.3 is 5.32 Å². The van der Waals surface area contributed by atoms with Crippen molar-refractivity contribution in [3.63, 3.8) is 0 Å². The minimum atomic E-state index is -3.29. The van der Waals surface area contributed by atoms with Crippen LogP contribution >= 0.6 is 0 Å². The lowest BCUT2D eigenvalue weighted by Gasteiger charge is -2.06. The maximum Gasteiger partial charge on any atom is 0.232 e. The second-order valence-corrected chi connectivity index (χ2v) is 7.57. The van der Waals surface area contributed by atoms with Crippen LogP contribution in [0, 0.1) is 11.3 Å². The van der Waals surface area contributed by atoms with Gasteiger partial charge in [0.25, 0.3) is 0 Å². The summed E-state index contributed by atoms with van der Waals surface area (Å²) >= 11 is 0. The van der Waals surface area contributed by atoms with Crippen LogP contribution in [-0.4, -0.2) is 24.4 Å². The van der Waals surface area contributed by atoms with Gasteiger partial charge >= 0.3 is 0 Å². The zero-order chi connectivity index (χ0) is 18.6. The molecular formula is C18H17N5O2S. The second-order valence-electron chi connectivity index (χ2n) is 5.56. The van der Waals surface area contributed by atoms with E-state index in [2.05, 4.69) is 26.3 Å². The molecule has 132 valence electrons. The van der Waals surface area contributed by atoms with Gasteiger partial charge in [0.05, 0.1) is 23.1 Å².